The molecule has 2 heterocycles. The Labute approximate surface area is 116 Å². The topological polar surface area (TPSA) is 37.4 Å². The first kappa shape index (κ1) is 14.3. The van der Waals surface area contributed by atoms with E-state index in [0.29, 0.717) is 6.10 Å². The van der Waals surface area contributed by atoms with Crippen molar-refractivity contribution in [2.75, 3.05) is 25.1 Å². The van der Waals surface area contributed by atoms with Crippen LogP contribution in [-0.2, 0) is 11.3 Å². The third-order valence-electron chi connectivity index (χ3n) is 3.39. The molecule has 0 spiro atoms. The van der Waals surface area contributed by atoms with Crippen molar-refractivity contribution in [3.63, 3.8) is 0 Å². The Morgan fingerprint density at radius 3 is 2.84 bits per heavy atom. The quantitative estimate of drug-likeness (QED) is 0.903. The second kappa shape index (κ2) is 5.88. The molecule has 1 atom stereocenters. The molecule has 0 bridgehead atoms. The first-order valence-electron chi connectivity index (χ1n) is 6.96. The molecule has 1 unspecified atom stereocenters. The summed E-state index contributed by atoms with van der Waals surface area (Å²) in [5.41, 5.74) is 1.21. The maximum absolute atomic E-state index is 5.40. The fourth-order valence-electron chi connectivity index (χ4n) is 2.23. The van der Waals surface area contributed by atoms with Crippen molar-refractivity contribution in [3.8, 4) is 0 Å². The number of nitrogens with zero attached hydrogens (tertiary/aromatic N) is 2. The lowest BCUT2D eigenvalue weighted by atomic mass is 10.1. The first-order chi connectivity index (χ1) is 8.98. The Morgan fingerprint density at radius 2 is 2.21 bits per heavy atom. The van der Waals surface area contributed by atoms with Crippen molar-refractivity contribution >= 4 is 5.82 Å². The van der Waals surface area contributed by atoms with E-state index in [1.54, 1.807) is 7.11 Å². The molecule has 1 N–H and O–H groups in total. The Balaban J connectivity index is 1.99. The zero-order valence-electron chi connectivity index (χ0n) is 12.4. The zero-order chi connectivity index (χ0) is 13.9. The van der Waals surface area contributed by atoms with Gasteiger partial charge in [-0.3, -0.25) is 0 Å². The van der Waals surface area contributed by atoms with E-state index in [-0.39, 0.29) is 5.54 Å². The number of rotatable bonds is 4. The van der Waals surface area contributed by atoms with E-state index in [9.17, 15) is 0 Å². The summed E-state index contributed by atoms with van der Waals surface area (Å²) in [4.78, 5) is 7.03. The van der Waals surface area contributed by atoms with Crippen molar-refractivity contribution in [1.29, 1.82) is 0 Å². The van der Waals surface area contributed by atoms with Crippen LogP contribution < -0.4 is 10.2 Å². The van der Waals surface area contributed by atoms with Crippen LogP contribution in [-0.4, -0.2) is 36.8 Å². The van der Waals surface area contributed by atoms with Crippen molar-refractivity contribution < 1.29 is 4.74 Å². The van der Waals surface area contributed by atoms with E-state index >= 15 is 0 Å². The molecular weight excluding hydrogens is 238 g/mol. The number of methoxy groups -OCH3 is 1. The third-order valence-corrected chi connectivity index (χ3v) is 3.39. The lowest BCUT2D eigenvalue weighted by Gasteiger charge is -2.21. The summed E-state index contributed by atoms with van der Waals surface area (Å²) in [6.45, 7) is 9.28. The van der Waals surface area contributed by atoms with Crippen LogP contribution in [0.25, 0.3) is 0 Å². The van der Waals surface area contributed by atoms with Crippen LogP contribution in [0.5, 0.6) is 0 Å². The van der Waals surface area contributed by atoms with Gasteiger partial charge in [0.15, 0.2) is 0 Å². The maximum atomic E-state index is 5.40. The normalized spacial score (nSPS) is 20.0. The van der Waals surface area contributed by atoms with Gasteiger partial charge in [-0.2, -0.15) is 0 Å². The van der Waals surface area contributed by atoms with E-state index in [0.717, 1.165) is 37.6 Å². The molecule has 0 aromatic carbocycles. The average molecular weight is 263 g/mol. The monoisotopic (exact) mass is 263 g/mol. The summed E-state index contributed by atoms with van der Waals surface area (Å²) in [6, 6.07) is 6.24. The standard InChI is InChI=1S/C15H25N3O/c1-15(2,3)16-10-12-6-5-7-14(17-12)18-9-8-13(11-18)19-4/h5-7,13,16H,8-11H2,1-4H3. The number of hydrogen-bond acceptors (Lipinski definition) is 4. The molecule has 0 saturated carbocycles. The van der Waals surface area contributed by atoms with Crippen molar-refractivity contribution in [3.05, 3.63) is 23.9 Å². The van der Waals surface area contributed by atoms with E-state index < -0.39 is 0 Å². The van der Waals surface area contributed by atoms with Crippen LogP contribution in [0.4, 0.5) is 5.82 Å². The van der Waals surface area contributed by atoms with Gasteiger partial charge < -0.3 is 15.0 Å². The highest BCUT2D eigenvalue weighted by atomic mass is 16.5. The van der Waals surface area contributed by atoms with Crippen LogP contribution in [0.3, 0.4) is 0 Å². The van der Waals surface area contributed by atoms with Crippen molar-refractivity contribution in [2.45, 2.75) is 45.4 Å². The molecule has 0 aliphatic carbocycles. The van der Waals surface area contributed by atoms with Crippen LogP contribution >= 0.6 is 0 Å². The van der Waals surface area contributed by atoms with Gasteiger partial charge in [-0.1, -0.05) is 6.07 Å². The van der Waals surface area contributed by atoms with Gasteiger partial charge in [0.1, 0.15) is 5.82 Å². The highest BCUT2D eigenvalue weighted by Crippen LogP contribution is 2.19. The van der Waals surface area contributed by atoms with Crippen LogP contribution in [0.1, 0.15) is 32.9 Å². The predicted molar refractivity (Wildman–Crippen MR) is 78.5 cm³/mol. The van der Waals surface area contributed by atoms with E-state index in [1.807, 2.05) is 0 Å². The molecule has 106 valence electrons. The van der Waals surface area contributed by atoms with Gasteiger partial charge in [0.05, 0.1) is 11.8 Å². The Morgan fingerprint density at radius 1 is 1.42 bits per heavy atom. The molecule has 4 nitrogen and oxygen atoms in total. The zero-order valence-corrected chi connectivity index (χ0v) is 12.4. The molecule has 19 heavy (non-hydrogen) atoms. The van der Waals surface area contributed by atoms with Gasteiger partial charge in [-0.05, 0) is 39.3 Å². The number of nitrogens with one attached hydrogen (secondary N) is 1. The molecule has 1 aromatic rings. The lowest BCUT2D eigenvalue weighted by Crippen LogP contribution is -2.35. The minimum absolute atomic E-state index is 0.118. The van der Waals surface area contributed by atoms with Gasteiger partial charge in [-0.15, -0.1) is 0 Å². The molecule has 0 amide bonds. The van der Waals surface area contributed by atoms with Gasteiger partial charge in [0.25, 0.3) is 0 Å². The van der Waals surface area contributed by atoms with Gasteiger partial charge >= 0.3 is 0 Å². The van der Waals surface area contributed by atoms with Crippen LogP contribution in [0.15, 0.2) is 18.2 Å². The summed E-state index contributed by atoms with van der Waals surface area (Å²) >= 11 is 0. The van der Waals surface area contributed by atoms with Crippen molar-refractivity contribution in [1.82, 2.24) is 10.3 Å². The third kappa shape index (κ3) is 4.18. The molecule has 1 saturated heterocycles. The van der Waals surface area contributed by atoms with Crippen LogP contribution in [0, 0.1) is 0 Å². The second-order valence-corrected chi connectivity index (χ2v) is 6.18. The molecule has 0 radical (unpaired) electrons. The minimum atomic E-state index is 0.118. The number of aromatic nitrogens is 1. The molecule has 1 fully saturated rings. The van der Waals surface area contributed by atoms with E-state index in [1.165, 1.54) is 0 Å². The Kier molecular flexibility index (Phi) is 4.42. The minimum Gasteiger partial charge on any atom is -0.380 e. The maximum Gasteiger partial charge on any atom is 0.128 e. The number of anilines is 1. The summed E-state index contributed by atoms with van der Waals surface area (Å²) in [6.07, 6.45) is 1.43. The summed E-state index contributed by atoms with van der Waals surface area (Å²) in [5.74, 6) is 1.06. The largest absolute Gasteiger partial charge is 0.380 e. The van der Waals surface area contributed by atoms with Crippen LogP contribution in [0.2, 0.25) is 0 Å². The number of ether oxygens (including phenoxy) is 1. The van der Waals surface area contributed by atoms with Crippen molar-refractivity contribution in [2.24, 2.45) is 0 Å². The summed E-state index contributed by atoms with van der Waals surface area (Å²) in [7, 11) is 1.78. The average Bonchev–Trinajstić information content (AvgIpc) is 2.85. The SMILES string of the molecule is COC1CCN(c2cccc(CNC(C)(C)C)n2)C1. The smallest absolute Gasteiger partial charge is 0.128 e. The highest BCUT2D eigenvalue weighted by Gasteiger charge is 2.23. The van der Waals surface area contributed by atoms with Gasteiger partial charge in [-0.25, -0.2) is 4.98 Å². The van der Waals surface area contributed by atoms with Gasteiger partial charge in [0.2, 0.25) is 0 Å². The Bertz CT molecular complexity index is 414. The molecule has 2 rings (SSSR count). The fourth-order valence-corrected chi connectivity index (χ4v) is 2.23. The van der Waals surface area contributed by atoms with E-state index in [2.05, 4.69) is 49.2 Å². The molecule has 1 aliphatic rings. The molecule has 1 aromatic heterocycles. The molecule has 1 aliphatic heterocycles. The fraction of sp³-hybridized carbons (Fsp3) is 0.667. The van der Waals surface area contributed by atoms with E-state index in [4.69, 9.17) is 9.72 Å². The lowest BCUT2D eigenvalue weighted by molar-refractivity contribution is 0.121. The second-order valence-electron chi connectivity index (χ2n) is 6.18. The summed E-state index contributed by atoms with van der Waals surface area (Å²) in [5, 5.41) is 3.47. The summed E-state index contributed by atoms with van der Waals surface area (Å²) < 4.78 is 5.40. The number of hydrogen-bond donors (Lipinski definition) is 1. The Hall–Kier alpha value is -1.13. The highest BCUT2D eigenvalue weighted by molar-refractivity contribution is 5.40. The molecular formula is C15H25N3O. The number of pyridine rings is 1. The first-order valence-corrected chi connectivity index (χ1v) is 6.96. The van der Waals surface area contributed by atoms with Gasteiger partial charge in [0, 0.05) is 32.3 Å². The predicted octanol–water partition coefficient (Wildman–Crippen LogP) is 2.19. The molecule has 4 heteroatoms.